The number of nitrogens with zero attached hydrogens (tertiary/aromatic N) is 4. The first-order valence-electron chi connectivity index (χ1n) is 12.8. The van der Waals surface area contributed by atoms with E-state index in [1.807, 2.05) is 0 Å². The number of oxime groups is 1. The number of anilines is 1. The molecule has 3 unspecified atom stereocenters. The van der Waals surface area contributed by atoms with E-state index >= 15 is 0 Å². The van der Waals surface area contributed by atoms with Gasteiger partial charge in [-0.05, 0) is 33.6 Å². The number of carboxylic acid groups (broad SMARTS) is 1. The van der Waals surface area contributed by atoms with Gasteiger partial charge in [0, 0.05) is 25.0 Å². The highest BCUT2D eigenvalue weighted by Gasteiger charge is 2.62. The van der Waals surface area contributed by atoms with Crippen molar-refractivity contribution in [2.24, 2.45) is 16.0 Å². The van der Waals surface area contributed by atoms with Crippen molar-refractivity contribution >= 4 is 63.8 Å². The van der Waals surface area contributed by atoms with Crippen LogP contribution in [0.25, 0.3) is 0 Å². The molecule has 3 aliphatic heterocycles. The minimum absolute atomic E-state index is 0.0177. The first-order chi connectivity index (χ1) is 19.3. The van der Waals surface area contributed by atoms with Crippen molar-refractivity contribution in [3.63, 3.8) is 0 Å². The van der Waals surface area contributed by atoms with Crippen LogP contribution in [0.1, 0.15) is 39.3 Å². The van der Waals surface area contributed by atoms with Gasteiger partial charge in [-0.3, -0.25) is 19.2 Å². The Balaban J connectivity index is 1.54. The molecule has 0 bridgehead atoms. The van der Waals surface area contributed by atoms with Gasteiger partial charge in [-0.15, -0.1) is 23.1 Å². The summed E-state index contributed by atoms with van der Waals surface area (Å²) in [6.07, 6.45) is 0.978. The second kappa shape index (κ2) is 11.7. The third-order valence-electron chi connectivity index (χ3n) is 7.10. The first kappa shape index (κ1) is 30.4. The van der Waals surface area contributed by atoms with Crippen LogP contribution in [0.15, 0.2) is 10.5 Å². The van der Waals surface area contributed by atoms with Gasteiger partial charge < -0.3 is 40.6 Å². The molecular formula is C24H32N6O9S2. The van der Waals surface area contributed by atoms with E-state index in [4.69, 9.17) is 15.2 Å². The van der Waals surface area contributed by atoms with E-state index in [1.165, 1.54) is 15.2 Å². The van der Waals surface area contributed by atoms with Crippen molar-refractivity contribution in [3.05, 3.63) is 11.1 Å². The fourth-order valence-corrected chi connectivity index (χ4v) is 6.86. The number of thioether (sulfide) groups is 1. The Morgan fingerprint density at radius 2 is 1.93 bits per heavy atom. The Bertz CT molecular complexity index is 1260. The summed E-state index contributed by atoms with van der Waals surface area (Å²) < 4.78 is 10.9. The lowest BCUT2D eigenvalue weighted by molar-refractivity contribution is -0.167. The van der Waals surface area contributed by atoms with E-state index < -0.39 is 69.7 Å². The van der Waals surface area contributed by atoms with Crippen LogP contribution in [0, 0.1) is 10.8 Å². The average Bonchev–Trinajstić information content (AvgIpc) is 3.61. The number of β-lactam (4-membered cyclic amide) rings is 1. The van der Waals surface area contributed by atoms with Gasteiger partial charge in [0.2, 0.25) is 5.91 Å². The maximum atomic E-state index is 13.1. The predicted octanol–water partition coefficient (Wildman–Crippen LogP) is 0.565. The molecule has 224 valence electrons. The van der Waals surface area contributed by atoms with E-state index in [2.05, 4.69) is 15.5 Å². The van der Waals surface area contributed by atoms with Gasteiger partial charge in [0.25, 0.3) is 5.91 Å². The van der Waals surface area contributed by atoms with Gasteiger partial charge in [-0.25, -0.2) is 9.78 Å². The number of likely N-dealkylation sites (tertiary alicyclic amines) is 1. The number of esters is 1. The minimum Gasteiger partial charge on any atom is -0.481 e. The highest BCUT2D eigenvalue weighted by molar-refractivity contribution is 8.00. The van der Waals surface area contributed by atoms with Gasteiger partial charge in [0.15, 0.2) is 10.8 Å². The number of nitrogens with one attached hydrogen (secondary N) is 1. The number of aromatic nitrogens is 1. The summed E-state index contributed by atoms with van der Waals surface area (Å²) in [4.78, 5) is 70.6. The molecule has 4 rings (SSSR count). The molecule has 3 fully saturated rings. The second-order valence-corrected chi connectivity index (χ2v) is 13.2. The molecule has 0 aromatic carbocycles. The van der Waals surface area contributed by atoms with Crippen LogP contribution in [-0.2, 0) is 28.7 Å². The Hall–Kier alpha value is -3.60. The normalized spacial score (nSPS) is 26.2. The van der Waals surface area contributed by atoms with Gasteiger partial charge in [-0.2, -0.15) is 0 Å². The Kier molecular flexibility index (Phi) is 8.67. The molecule has 1 aromatic heterocycles. The smallest absolute Gasteiger partial charge is 0.409 e. The summed E-state index contributed by atoms with van der Waals surface area (Å²) in [6.45, 7) is 4.72. The van der Waals surface area contributed by atoms with E-state index in [0.717, 1.165) is 35.9 Å². The third kappa shape index (κ3) is 6.05. The summed E-state index contributed by atoms with van der Waals surface area (Å²) in [5.41, 5.74) is 2.51. The number of rotatable bonds is 8. The number of ether oxygens (including phenoxy) is 2. The summed E-state index contributed by atoms with van der Waals surface area (Å²) in [7, 11) is 0. The summed E-state index contributed by atoms with van der Waals surface area (Å²) in [5, 5.41) is 25.2. The number of nitrogens with two attached hydrogens (primary N) is 1. The SMILES string of the molecule is CC(C)(C)C(=O)OCC1S[C@@H]2C(NC(=O)C(=NO)c3csc(N)n3)C(=O)N2CC1(COC(=O)N1CCCC1)C(=O)O. The number of aliphatic carboxylic acids is 1. The molecule has 0 spiro atoms. The molecule has 17 heteroatoms. The van der Waals surface area contributed by atoms with E-state index in [0.29, 0.717) is 13.1 Å². The number of carboxylic acids is 1. The Labute approximate surface area is 243 Å². The number of hydrogen-bond acceptors (Lipinski definition) is 13. The quantitative estimate of drug-likeness (QED) is 0.104. The fourth-order valence-electron chi connectivity index (χ4n) is 4.65. The van der Waals surface area contributed by atoms with Crippen LogP contribution in [0.4, 0.5) is 9.93 Å². The molecule has 15 nitrogen and oxygen atoms in total. The maximum absolute atomic E-state index is 13.1. The zero-order valence-electron chi connectivity index (χ0n) is 22.7. The number of hydrogen-bond donors (Lipinski definition) is 4. The van der Waals surface area contributed by atoms with Gasteiger partial charge >= 0.3 is 18.0 Å². The maximum Gasteiger partial charge on any atom is 0.409 e. The van der Waals surface area contributed by atoms with E-state index in [1.54, 1.807) is 20.8 Å². The number of carbonyl (C=O) groups excluding carboxylic acids is 4. The largest absolute Gasteiger partial charge is 0.481 e. The molecule has 0 aliphatic carbocycles. The lowest BCUT2D eigenvalue weighted by Crippen LogP contribution is -2.76. The molecule has 3 saturated heterocycles. The van der Waals surface area contributed by atoms with Crippen LogP contribution >= 0.6 is 23.1 Å². The van der Waals surface area contributed by atoms with Crippen LogP contribution in [-0.4, -0.2) is 110 Å². The topological polar surface area (TPSA) is 214 Å². The fraction of sp³-hybridized carbons (Fsp3) is 0.625. The molecule has 5 N–H and O–H groups in total. The number of thiazole rings is 1. The standard InChI is InChI=1S/C24H32N6O9S2/c1-23(2,3)20(35)38-8-13-24(19(33)34,11-39-22(36)29-6-4-5-7-29)10-30-17(32)15(18(30)41-13)27-16(31)14(28-37)12-9-40-21(25)26-12/h9,13,15,18,37H,4-8,10-11H2,1-3H3,(H2,25,26)(H,27,31)(H,33,34)/t13?,15?,18-,24?/m1/s1. The number of fused-ring (bicyclic) bond motifs is 1. The zero-order chi connectivity index (χ0) is 30.1. The average molecular weight is 613 g/mol. The van der Waals surface area contributed by atoms with Crippen molar-refractivity contribution in [3.8, 4) is 0 Å². The molecule has 0 radical (unpaired) electrons. The Morgan fingerprint density at radius 1 is 1.24 bits per heavy atom. The predicted molar refractivity (Wildman–Crippen MR) is 146 cm³/mol. The molecule has 41 heavy (non-hydrogen) atoms. The summed E-state index contributed by atoms with van der Waals surface area (Å²) in [6, 6.07) is -1.10. The van der Waals surface area contributed by atoms with Crippen LogP contribution in [0.2, 0.25) is 0 Å². The lowest BCUT2D eigenvalue weighted by atomic mass is 9.82. The Morgan fingerprint density at radius 3 is 2.49 bits per heavy atom. The van der Waals surface area contributed by atoms with Crippen molar-refractivity contribution in [2.45, 2.75) is 50.3 Å². The number of carbonyl (C=O) groups is 5. The lowest BCUT2D eigenvalue weighted by Gasteiger charge is -2.56. The summed E-state index contributed by atoms with van der Waals surface area (Å²) in [5.74, 6) is -3.35. The summed E-state index contributed by atoms with van der Waals surface area (Å²) >= 11 is 2.05. The van der Waals surface area contributed by atoms with Crippen LogP contribution in [0.3, 0.4) is 0 Å². The molecule has 0 saturated carbocycles. The van der Waals surface area contributed by atoms with Crippen molar-refractivity contribution in [1.29, 1.82) is 0 Å². The molecule has 3 aliphatic rings. The van der Waals surface area contributed by atoms with Gasteiger partial charge in [0.1, 0.15) is 35.7 Å². The first-order valence-corrected chi connectivity index (χ1v) is 14.6. The monoisotopic (exact) mass is 612 g/mol. The van der Waals surface area contributed by atoms with Crippen LogP contribution in [0.5, 0.6) is 0 Å². The molecular weight excluding hydrogens is 580 g/mol. The van der Waals surface area contributed by atoms with Gasteiger partial charge in [-0.1, -0.05) is 5.16 Å². The van der Waals surface area contributed by atoms with E-state index in [9.17, 15) is 34.3 Å². The minimum atomic E-state index is -1.80. The second-order valence-electron chi connectivity index (χ2n) is 11.0. The van der Waals surface area contributed by atoms with Crippen LogP contribution < -0.4 is 11.1 Å². The van der Waals surface area contributed by atoms with Crippen molar-refractivity contribution < 1.29 is 43.8 Å². The molecule has 4 atom stereocenters. The van der Waals surface area contributed by atoms with E-state index in [-0.39, 0.29) is 24.0 Å². The van der Waals surface area contributed by atoms with Gasteiger partial charge in [0.05, 0.1) is 10.7 Å². The highest BCUT2D eigenvalue weighted by atomic mass is 32.2. The number of amides is 3. The third-order valence-corrected chi connectivity index (χ3v) is 9.50. The molecule has 4 heterocycles. The number of nitrogen functional groups attached to an aromatic ring is 1. The zero-order valence-corrected chi connectivity index (χ0v) is 24.3. The molecule has 3 amide bonds. The van der Waals surface area contributed by atoms with Crippen molar-refractivity contribution in [2.75, 3.05) is 38.6 Å². The molecule has 1 aromatic rings. The van der Waals surface area contributed by atoms with Crippen molar-refractivity contribution in [1.82, 2.24) is 20.1 Å². The highest BCUT2D eigenvalue weighted by Crippen LogP contribution is 2.48.